The Kier molecular flexibility index (Phi) is 9.09. The molecule has 0 bridgehead atoms. The predicted molar refractivity (Wildman–Crippen MR) is 180 cm³/mol. The van der Waals surface area contributed by atoms with Crippen LogP contribution < -0.4 is 21.3 Å². The quantitative estimate of drug-likeness (QED) is 0.155. The molecule has 51 heavy (non-hydrogen) atoms. The van der Waals surface area contributed by atoms with Crippen LogP contribution in [0, 0.1) is 11.6 Å². The molecule has 0 aliphatic heterocycles. The van der Waals surface area contributed by atoms with Gasteiger partial charge in [0.05, 0.1) is 50.8 Å². The molecule has 0 saturated heterocycles. The number of halogens is 2. The molecule has 1 atom stereocenters. The van der Waals surface area contributed by atoms with Crippen molar-refractivity contribution in [3.05, 3.63) is 129 Å². The highest BCUT2D eigenvalue weighted by Crippen LogP contribution is 2.24. The first-order chi connectivity index (χ1) is 24.3. The highest BCUT2D eigenvalue weighted by Gasteiger charge is 2.26. The van der Waals surface area contributed by atoms with Crippen LogP contribution in [-0.2, 0) is 34.7 Å². The first kappa shape index (κ1) is 34.4. The summed E-state index contributed by atoms with van der Waals surface area (Å²) in [4.78, 5) is 58.8. The lowest BCUT2D eigenvalue weighted by Crippen LogP contribution is -2.42. The van der Waals surface area contributed by atoms with E-state index in [0.29, 0.717) is 23.3 Å². The number of aliphatic carboxylic acids is 1. The van der Waals surface area contributed by atoms with Crippen molar-refractivity contribution in [1.29, 1.82) is 0 Å². The Hall–Kier alpha value is -6.43. The average molecular weight is 719 g/mol. The van der Waals surface area contributed by atoms with Crippen molar-refractivity contribution in [3.8, 4) is 11.4 Å². The number of rotatable bonds is 11. The average Bonchev–Trinajstić information content (AvgIpc) is 3.08. The van der Waals surface area contributed by atoms with Gasteiger partial charge in [-0.05, 0) is 55.0 Å². The monoisotopic (exact) mass is 718 g/mol. The van der Waals surface area contributed by atoms with E-state index < -0.39 is 68.5 Å². The zero-order valence-electron chi connectivity index (χ0n) is 26.8. The lowest BCUT2D eigenvalue weighted by molar-refractivity contribution is -0.139. The van der Waals surface area contributed by atoms with Crippen LogP contribution in [0.25, 0.3) is 22.3 Å². The van der Waals surface area contributed by atoms with Gasteiger partial charge in [0.1, 0.15) is 17.7 Å². The van der Waals surface area contributed by atoms with Crippen molar-refractivity contribution < 1.29 is 31.9 Å². The van der Waals surface area contributed by atoms with E-state index in [0.717, 1.165) is 16.7 Å². The normalized spacial score (nSPS) is 12.2. The van der Waals surface area contributed by atoms with E-state index in [1.807, 2.05) is 17.8 Å². The third-order valence-electron chi connectivity index (χ3n) is 8.06. The fraction of sp³-hybridized carbons (Fsp3) is 0.152. The molecule has 4 N–H and O–H groups in total. The molecular formula is C33H28F2N8O7S. The zero-order chi connectivity index (χ0) is 36.6. The zero-order valence-corrected chi connectivity index (χ0v) is 27.6. The van der Waals surface area contributed by atoms with Crippen LogP contribution in [0.4, 0.5) is 14.5 Å². The molecule has 15 nitrogen and oxygen atoms in total. The van der Waals surface area contributed by atoms with Crippen molar-refractivity contribution in [2.45, 2.75) is 30.7 Å². The fourth-order valence-electron chi connectivity index (χ4n) is 5.24. The molecule has 4 heterocycles. The van der Waals surface area contributed by atoms with E-state index in [1.165, 1.54) is 72.7 Å². The largest absolute Gasteiger partial charge is 0.480 e. The number of carbonyl (C=O) groups excluding carboxylic acids is 1. The molecule has 262 valence electrons. The number of fused-ring (bicyclic) bond motifs is 1. The predicted octanol–water partition coefficient (Wildman–Crippen LogP) is 2.67. The lowest BCUT2D eigenvalue weighted by atomic mass is 10.1. The van der Waals surface area contributed by atoms with Crippen molar-refractivity contribution >= 4 is 38.5 Å². The van der Waals surface area contributed by atoms with Crippen molar-refractivity contribution in [1.82, 2.24) is 34.2 Å². The number of hydrogen-bond donors (Lipinski definition) is 4. The first-order valence-corrected chi connectivity index (χ1v) is 16.7. The number of sulfonamides is 1. The summed E-state index contributed by atoms with van der Waals surface area (Å²) < 4.78 is 61.7. The van der Waals surface area contributed by atoms with E-state index in [-0.39, 0.29) is 21.7 Å². The molecule has 6 rings (SSSR count). The summed E-state index contributed by atoms with van der Waals surface area (Å²) in [6, 6.07) is 9.02. The summed E-state index contributed by atoms with van der Waals surface area (Å²) >= 11 is 0. The Morgan fingerprint density at radius 2 is 1.71 bits per heavy atom. The number of amides is 1. The van der Waals surface area contributed by atoms with Gasteiger partial charge in [-0.25, -0.2) is 31.4 Å². The van der Waals surface area contributed by atoms with E-state index in [4.69, 9.17) is 0 Å². The summed E-state index contributed by atoms with van der Waals surface area (Å²) in [6.07, 6.45) is 6.19. The molecule has 4 aromatic heterocycles. The number of H-pyrrole nitrogens is 1. The Morgan fingerprint density at radius 3 is 2.35 bits per heavy atom. The Morgan fingerprint density at radius 1 is 1.00 bits per heavy atom. The summed E-state index contributed by atoms with van der Waals surface area (Å²) in [7, 11) is -2.90. The molecule has 6 aromatic rings. The topological polar surface area (TPSA) is 203 Å². The maximum absolute atomic E-state index is 15.1. The van der Waals surface area contributed by atoms with E-state index in [2.05, 4.69) is 20.4 Å². The van der Waals surface area contributed by atoms with Gasteiger partial charge in [0, 0.05) is 43.3 Å². The molecule has 0 saturated carbocycles. The second kappa shape index (κ2) is 13.5. The molecule has 2 aromatic carbocycles. The van der Waals surface area contributed by atoms with Gasteiger partial charge in [-0.3, -0.25) is 38.6 Å². The van der Waals surface area contributed by atoms with Crippen LogP contribution in [0.15, 0.2) is 93.9 Å². The summed E-state index contributed by atoms with van der Waals surface area (Å²) in [6.45, 7) is 1.97. The molecule has 0 fully saturated rings. The molecule has 1 unspecified atom stereocenters. The number of hydrogen-bond acceptors (Lipinski definition) is 8. The number of carboxylic acid groups (broad SMARTS) is 1. The minimum atomic E-state index is -4.37. The van der Waals surface area contributed by atoms with Crippen molar-refractivity contribution in [2.75, 3.05) is 4.72 Å². The second-order valence-electron chi connectivity index (χ2n) is 11.4. The highest BCUT2D eigenvalue weighted by molar-refractivity contribution is 7.92. The smallest absolute Gasteiger partial charge is 0.335 e. The number of nitrogens with one attached hydrogen (secondary N) is 3. The highest BCUT2D eigenvalue weighted by atomic mass is 32.2. The van der Waals surface area contributed by atoms with Gasteiger partial charge in [-0.1, -0.05) is 6.92 Å². The standard InChI is InChI=1S/C33H28F2N8O7S/c1-3-18-17-42(39-18)20-6-8-22(9-7-20)51(49,50)40-27-14-25(34)24(13-26(27)35)30(44)38-28(32(46)47)12-19-4-5-21(15-37-19)43-31(45)23-10-11-36-16-29(23)41(2)33(43)48/h4-11,13-17,28,39-40H,3,12H2,1-2H3,(H,38,44)(H,46,47). The SMILES string of the molecule is CCc1cn(-c2ccc(S(=O)(=O)Nc3cc(F)c(C(=O)NC(Cc4ccc(-n5c(=O)c6ccncc6n(C)c5=O)cn4)C(=O)O)cc3F)cc2)[nH]1. The number of carbonyl (C=O) groups is 2. The fourth-order valence-corrected chi connectivity index (χ4v) is 6.30. The summed E-state index contributed by atoms with van der Waals surface area (Å²) in [5.41, 5.74) is -0.760. The van der Waals surface area contributed by atoms with E-state index in [1.54, 1.807) is 4.68 Å². The molecule has 0 aliphatic rings. The second-order valence-corrected chi connectivity index (χ2v) is 13.0. The van der Waals surface area contributed by atoms with Crippen molar-refractivity contribution in [3.63, 3.8) is 0 Å². The van der Waals surface area contributed by atoms with Crippen LogP contribution in [0.3, 0.4) is 0 Å². The molecular weight excluding hydrogens is 690 g/mol. The van der Waals surface area contributed by atoms with Gasteiger partial charge >= 0.3 is 11.7 Å². The molecule has 0 radical (unpaired) electrons. The number of nitrogens with zero attached hydrogens (tertiary/aromatic N) is 5. The van der Waals surface area contributed by atoms with Gasteiger partial charge in [0.15, 0.2) is 0 Å². The minimum Gasteiger partial charge on any atom is -0.480 e. The van der Waals surface area contributed by atoms with Gasteiger partial charge in [-0.15, -0.1) is 0 Å². The molecule has 1 amide bonds. The molecule has 18 heteroatoms. The number of pyridine rings is 2. The van der Waals surface area contributed by atoms with Gasteiger partial charge in [-0.2, -0.15) is 0 Å². The Bertz CT molecular complexity index is 2530. The Labute approximate surface area is 286 Å². The number of anilines is 1. The number of carboxylic acids is 1. The van der Waals surface area contributed by atoms with Crippen LogP contribution in [0.1, 0.15) is 28.7 Å². The number of aryl methyl sites for hydroxylation is 2. The van der Waals surface area contributed by atoms with Gasteiger partial charge < -0.3 is 10.4 Å². The maximum atomic E-state index is 15.1. The van der Waals surface area contributed by atoms with Crippen LogP contribution in [0.2, 0.25) is 0 Å². The lowest BCUT2D eigenvalue weighted by Gasteiger charge is -2.16. The minimum absolute atomic E-state index is 0.0937. The number of benzene rings is 2. The third-order valence-corrected chi connectivity index (χ3v) is 9.44. The van der Waals surface area contributed by atoms with Crippen LogP contribution >= 0.6 is 0 Å². The summed E-state index contributed by atoms with van der Waals surface area (Å²) in [5.74, 6) is -5.43. The van der Waals surface area contributed by atoms with Crippen LogP contribution in [0.5, 0.6) is 0 Å². The summed E-state index contributed by atoms with van der Waals surface area (Å²) in [5, 5.41) is 15.2. The first-order valence-electron chi connectivity index (χ1n) is 15.2. The molecule has 0 spiro atoms. The third kappa shape index (κ3) is 6.76. The number of aromatic nitrogens is 6. The van der Waals surface area contributed by atoms with Crippen molar-refractivity contribution in [2.24, 2.45) is 7.05 Å². The van der Waals surface area contributed by atoms with Gasteiger partial charge in [0.25, 0.3) is 21.5 Å². The number of aromatic amines is 1. The van der Waals surface area contributed by atoms with E-state index >= 15 is 8.78 Å². The van der Waals surface area contributed by atoms with Crippen LogP contribution in [-0.4, -0.2) is 60.3 Å². The van der Waals surface area contributed by atoms with Gasteiger partial charge in [0.2, 0.25) is 0 Å². The molecule has 0 aliphatic carbocycles. The Balaban J connectivity index is 1.16. The maximum Gasteiger partial charge on any atom is 0.335 e. The van der Waals surface area contributed by atoms with E-state index in [9.17, 15) is 32.7 Å².